The SMILES string of the molecule is CC/C=C\C(CCN1C(=O)c2cnc3[nH]ncc3c2C1=O)=C(/C)Cl. The Morgan fingerprint density at radius 1 is 1.33 bits per heavy atom. The van der Waals surface area contributed by atoms with Gasteiger partial charge in [-0.15, -0.1) is 0 Å². The Kier molecular flexibility index (Phi) is 4.49. The summed E-state index contributed by atoms with van der Waals surface area (Å²) in [5.41, 5.74) is 2.11. The lowest BCUT2D eigenvalue weighted by Crippen LogP contribution is -2.31. The van der Waals surface area contributed by atoms with Crippen LogP contribution < -0.4 is 0 Å². The van der Waals surface area contributed by atoms with Crippen LogP contribution in [0.5, 0.6) is 0 Å². The van der Waals surface area contributed by atoms with Gasteiger partial charge in [0.1, 0.15) is 0 Å². The van der Waals surface area contributed by atoms with Crippen molar-refractivity contribution in [2.24, 2.45) is 0 Å². The number of hydrogen-bond acceptors (Lipinski definition) is 4. The normalized spacial score (nSPS) is 15.5. The van der Waals surface area contributed by atoms with Crippen molar-refractivity contribution >= 4 is 34.4 Å². The molecule has 0 saturated heterocycles. The first-order chi connectivity index (χ1) is 11.5. The highest BCUT2D eigenvalue weighted by atomic mass is 35.5. The van der Waals surface area contributed by atoms with Gasteiger partial charge < -0.3 is 0 Å². The van der Waals surface area contributed by atoms with E-state index < -0.39 is 0 Å². The number of rotatable bonds is 5. The third-order valence-corrected chi connectivity index (χ3v) is 4.26. The van der Waals surface area contributed by atoms with Crippen molar-refractivity contribution in [2.45, 2.75) is 26.7 Å². The van der Waals surface area contributed by atoms with Gasteiger partial charge in [0.05, 0.1) is 22.7 Å². The summed E-state index contributed by atoms with van der Waals surface area (Å²) >= 11 is 6.11. The molecule has 0 bridgehead atoms. The van der Waals surface area contributed by atoms with Crippen molar-refractivity contribution < 1.29 is 9.59 Å². The van der Waals surface area contributed by atoms with Gasteiger partial charge in [-0.05, 0) is 25.3 Å². The van der Waals surface area contributed by atoms with Crippen LogP contribution in [0.1, 0.15) is 47.4 Å². The first kappa shape index (κ1) is 16.4. The molecule has 2 aromatic rings. The molecule has 0 unspecified atom stereocenters. The number of carbonyl (C=O) groups is 2. The average Bonchev–Trinajstić information content (AvgIpc) is 3.12. The monoisotopic (exact) mass is 344 g/mol. The zero-order valence-corrected chi connectivity index (χ0v) is 14.2. The summed E-state index contributed by atoms with van der Waals surface area (Å²) in [7, 11) is 0. The minimum Gasteiger partial charge on any atom is -0.274 e. The minimum atomic E-state index is -0.323. The number of carbonyl (C=O) groups excluding carboxylic acids is 2. The molecular weight excluding hydrogens is 328 g/mol. The van der Waals surface area contributed by atoms with Gasteiger partial charge in [-0.25, -0.2) is 4.98 Å². The van der Waals surface area contributed by atoms with E-state index in [0.29, 0.717) is 33.6 Å². The van der Waals surface area contributed by atoms with E-state index >= 15 is 0 Å². The Morgan fingerprint density at radius 2 is 2.12 bits per heavy atom. The molecule has 0 fully saturated rings. The molecule has 124 valence electrons. The molecule has 3 heterocycles. The smallest absolute Gasteiger partial charge is 0.263 e. The fourth-order valence-electron chi connectivity index (χ4n) is 2.73. The van der Waals surface area contributed by atoms with Crippen LogP contribution in [0.15, 0.2) is 35.2 Å². The maximum atomic E-state index is 12.7. The summed E-state index contributed by atoms with van der Waals surface area (Å²) < 4.78 is 0. The second kappa shape index (κ2) is 6.57. The third kappa shape index (κ3) is 2.73. The predicted molar refractivity (Wildman–Crippen MR) is 91.9 cm³/mol. The van der Waals surface area contributed by atoms with Gasteiger partial charge in [0.2, 0.25) is 0 Å². The van der Waals surface area contributed by atoms with Crippen LogP contribution in [0.25, 0.3) is 11.0 Å². The zero-order valence-electron chi connectivity index (χ0n) is 13.5. The Labute approximate surface area is 144 Å². The molecule has 1 N–H and O–H groups in total. The van der Waals surface area contributed by atoms with E-state index in [-0.39, 0.29) is 18.4 Å². The van der Waals surface area contributed by atoms with Crippen molar-refractivity contribution in [1.82, 2.24) is 20.1 Å². The molecule has 0 aliphatic carbocycles. The van der Waals surface area contributed by atoms with Gasteiger partial charge in [0, 0.05) is 17.8 Å². The van der Waals surface area contributed by atoms with E-state index in [1.807, 2.05) is 19.1 Å². The van der Waals surface area contributed by atoms with Gasteiger partial charge in [-0.1, -0.05) is 30.7 Å². The highest BCUT2D eigenvalue weighted by molar-refractivity contribution is 6.29. The molecule has 7 heteroatoms. The molecule has 0 atom stereocenters. The number of hydrogen-bond donors (Lipinski definition) is 1. The molecule has 0 aromatic carbocycles. The molecule has 0 spiro atoms. The van der Waals surface area contributed by atoms with Gasteiger partial charge >= 0.3 is 0 Å². The van der Waals surface area contributed by atoms with Crippen LogP contribution in [-0.2, 0) is 0 Å². The molecular formula is C17H17ClN4O2. The number of aromatic nitrogens is 3. The average molecular weight is 345 g/mol. The zero-order chi connectivity index (χ0) is 17.3. The van der Waals surface area contributed by atoms with Crippen molar-refractivity contribution in [3.63, 3.8) is 0 Å². The number of aromatic amines is 1. The summed E-state index contributed by atoms with van der Waals surface area (Å²) in [4.78, 5) is 30.6. The van der Waals surface area contributed by atoms with Crippen LogP contribution in [0.2, 0.25) is 0 Å². The highest BCUT2D eigenvalue weighted by Gasteiger charge is 2.37. The summed E-state index contributed by atoms with van der Waals surface area (Å²) in [6.07, 6.45) is 8.30. The lowest BCUT2D eigenvalue weighted by atomic mass is 10.1. The third-order valence-electron chi connectivity index (χ3n) is 4.02. The van der Waals surface area contributed by atoms with Crippen LogP contribution >= 0.6 is 11.6 Å². The number of halogens is 1. The largest absolute Gasteiger partial charge is 0.274 e. The fraction of sp³-hybridized carbons (Fsp3) is 0.294. The van der Waals surface area contributed by atoms with Gasteiger partial charge in [0.25, 0.3) is 11.8 Å². The molecule has 1 aliphatic heterocycles. The van der Waals surface area contributed by atoms with E-state index in [9.17, 15) is 9.59 Å². The summed E-state index contributed by atoms with van der Waals surface area (Å²) in [6.45, 7) is 4.11. The number of H-pyrrole nitrogens is 1. The molecule has 6 nitrogen and oxygen atoms in total. The Hall–Kier alpha value is -2.47. The number of pyridine rings is 1. The fourth-order valence-corrected chi connectivity index (χ4v) is 2.89. The highest BCUT2D eigenvalue weighted by Crippen LogP contribution is 2.28. The number of nitrogens with zero attached hydrogens (tertiary/aromatic N) is 3. The maximum absolute atomic E-state index is 12.7. The quantitative estimate of drug-likeness (QED) is 0.665. The van der Waals surface area contributed by atoms with Crippen molar-refractivity contribution in [1.29, 1.82) is 0 Å². The first-order valence-corrected chi connectivity index (χ1v) is 8.12. The Balaban J connectivity index is 1.86. The molecule has 1 aliphatic rings. The van der Waals surface area contributed by atoms with E-state index in [4.69, 9.17) is 11.6 Å². The molecule has 2 amide bonds. The minimum absolute atomic E-state index is 0.277. The molecule has 2 aromatic heterocycles. The summed E-state index contributed by atoms with van der Waals surface area (Å²) in [6, 6.07) is 0. The summed E-state index contributed by atoms with van der Waals surface area (Å²) in [5.74, 6) is -0.633. The predicted octanol–water partition coefficient (Wildman–Crippen LogP) is 3.42. The Bertz CT molecular complexity index is 878. The molecule has 0 radical (unpaired) electrons. The van der Waals surface area contributed by atoms with Crippen LogP contribution in [0, 0.1) is 0 Å². The van der Waals surface area contributed by atoms with E-state index in [2.05, 4.69) is 15.2 Å². The lowest BCUT2D eigenvalue weighted by Gasteiger charge is -2.14. The number of amides is 2. The van der Waals surface area contributed by atoms with E-state index in [1.165, 1.54) is 17.3 Å². The molecule has 24 heavy (non-hydrogen) atoms. The maximum Gasteiger partial charge on any atom is 0.263 e. The second-order valence-corrected chi connectivity index (χ2v) is 6.13. The number of allylic oxidation sites excluding steroid dienone is 3. The number of fused-ring (bicyclic) bond motifs is 3. The van der Waals surface area contributed by atoms with Crippen molar-refractivity contribution in [3.8, 4) is 0 Å². The topological polar surface area (TPSA) is 79.0 Å². The van der Waals surface area contributed by atoms with Crippen molar-refractivity contribution in [2.75, 3.05) is 6.54 Å². The number of imide groups is 1. The first-order valence-electron chi connectivity index (χ1n) is 7.74. The van der Waals surface area contributed by atoms with Crippen LogP contribution in [-0.4, -0.2) is 38.4 Å². The second-order valence-electron chi connectivity index (χ2n) is 5.56. The molecule has 0 saturated carbocycles. The van der Waals surface area contributed by atoms with Crippen molar-refractivity contribution in [3.05, 3.63) is 46.3 Å². The van der Waals surface area contributed by atoms with Gasteiger partial charge in [-0.2, -0.15) is 5.10 Å². The lowest BCUT2D eigenvalue weighted by molar-refractivity contribution is 0.0657. The summed E-state index contributed by atoms with van der Waals surface area (Å²) in [5, 5.41) is 7.84. The van der Waals surface area contributed by atoms with Gasteiger partial charge in [0.15, 0.2) is 5.65 Å². The van der Waals surface area contributed by atoms with E-state index in [1.54, 1.807) is 6.92 Å². The Morgan fingerprint density at radius 3 is 2.83 bits per heavy atom. The van der Waals surface area contributed by atoms with Gasteiger partial charge in [-0.3, -0.25) is 19.6 Å². The number of nitrogens with one attached hydrogen (secondary N) is 1. The standard InChI is InChI=1S/C17H17ClN4O2/c1-3-4-5-11(10(2)18)6-7-22-16(23)13-8-19-15-12(9-20-21-15)14(13)17(22)24/h4-5,8-9H,3,6-7H2,1-2H3,(H,19,20,21)/b5-4-,11-10-. The molecule has 3 rings (SSSR count). The van der Waals surface area contributed by atoms with E-state index in [0.717, 1.165) is 12.0 Å². The van der Waals surface area contributed by atoms with Crippen LogP contribution in [0.3, 0.4) is 0 Å². The van der Waals surface area contributed by atoms with Crippen LogP contribution in [0.4, 0.5) is 0 Å².